The fourth-order valence-electron chi connectivity index (χ4n) is 3.88. The van der Waals surface area contributed by atoms with Gasteiger partial charge in [-0.2, -0.15) is 5.10 Å². The first-order valence-corrected chi connectivity index (χ1v) is 11.3. The van der Waals surface area contributed by atoms with Crippen LogP contribution < -0.4 is 5.32 Å². The summed E-state index contributed by atoms with van der Waals surface area (Å²) in [5, 5.41) is 7.21. The van der Waals surface area contributed by atoms with Gasteiger partial charge in [-0.15, -0.1) is 0 Å². The molecule has 7 heteroatoms. The molecule has 1 aliphatic heterocycles. The first kappa shape index (κ1) is 21.8. The molecule has 2 aromatic heterocycles. The van der Waals surface area contributed by atoms with Crippen LogP contribution in [0.15, 0.2) is 67.1 Å². The van der Waals surface area contributed by atoms with Crippen molar-refractivity contribution in [1.82, 2.24) is 19.5 Å². The fourth-order valence-corrected chi connectivity index (χ4v) is 3.88. The van der Waals surface area contributed by atoms with Crippen molar-refractivity contribution in [2.24, 2.45) is 0 Å². The third-order valence-electron chi connectivity index (χ3n) is 5.78. The summed E-state index contributed by atoms with van der Waals surface area (Å²) in [6, 6.07) is 15.4. The maximum Gasteiger partial charge on any atom is 0.255 e. The SMILES string of the molecule is Cc1ccc(C(=O)Nc2cccc(CN3CCOCC3)c2)cc1C#Cc1cnc2ccnn2c1. The van der Waals surface area contributed by atoms with E-state index >= 15 is 0 Å². The Kier molecular flexibility index (Phi) is 6.34. The van der Waals surface area contributed by atoms with Gasteiger partial charge in [0.05, 0.1) is 25.0 Å². The number of morpholine rings is 1. The average Bonchev–Trinajstić information content (AvgIpc) is 3.32. The van der Waals surface area contributed by atoms with Crippen molar-refractivity contribution in [3.63, 3.8) is 0 Å². The summed E-state index contributed by atoms with van der Waals surface area (Å²) in [5.74, 6) is 6.14. The standard InChI is InChI=1S/C27H25N5O2/c1-20-5-7-24(16-23(20)8-6-22-17-28-26-9-10-29-32(26)19-22)27(33)30-25-4-2-3-21(15-25)18-31-11-13-34-14-12-31/h2-5,7,9-10,15-17,19H,11-14,18H2,1H3,(H,30,33). The third kappa shape index (κ3) is 5.15. The lowest BCUT2D eigenvalue weighted by atomic mass is 10.0. The number of ether oxygens (including phenoxy) is 1. The maximum atomic E-state index is 13.0. The van der Waals surface area contributed by atoms with Crippen LogP contribution in [0.1, 0.15) is 32.6 Å². The minimum Gasteiger partial charge on any atom is -0.379 e. The molecule has 1 saturated heterocycles. The molecule has 2 aromatic carbocycles. The predicted octanol–water partition coefficient (Wildman–Crippen LogP) is 3.52. The van der Waals surface area contributed by atoms with E-state index in [9.17, 15) is 4.79 Å². The molecular formula is C27H25N5O2. The van der Waals surface area contributed by atoms with E-state index in [4.69, 9.17) is 4.74 Å². The van der Waals surface area contributed by atoms with Crippen LogP contribution in [0.3, 0.4) is 0 Å². The molecule has 0 saturated carbocycles. The lowest BCUT2D eigenvalue weighted by Crippen LogP contribution is -2.35. The number of hydrogen-bond acceptors (Lipinski definition) is 5. The average molecular weight is 452 g/mol. The molecule has 0 spiro atoms. The lowest BCUT2D eigenvalue weighted by molar-refractivity contribution is 0.0342. The van der Waals surface area contributed by atoms with E-state index in [0.29, 0.717) is 5.56 Å². The fraction of sp³-hybridized carbons (Fsp3) is 0.222. The van der Waals surface area contributed by atoms with Gasteiger partial charge in [0.25, 0.3) is 5.91 Å². The van der Waals surface area contributed by atoms with Gasteiger partial charge in [0.2, 0.25) is 0 Å². The van der Waals surface area contributed by atoms with Crippen LogP contribution in [-0.2, 0) is 11.3 Å². The molecule has 0 bridgehead atoms. The quantitative estimate of drug-likeness (QED) is 0.481. The van der Waals surface area contributed by atoms with Crippen molar-refractivity contribution < 1.29 is 9.53 Å². The Morgan fingerprint density at radius 1 is 1.12 bits per heavy atom. The van der Waals surface area contributed by atoms with E-state index in [-0.39, 0.29) is 5.91 Å². The molecule has 0 unspecified atom stereocenters. The summed E-state index contributed by atoms with van der Waals surface area (Å²) in [6.45, 7) is 6.21. The van der Waals surface area contributed by atoms with E-state index in [1.807, 2.05) is 55.6 Å². The first-order valence-electron chi connectivity index (χ1n) is 11.3. The Bertz CT molecular complexity index is 1390. The molecule has 0 radical (unpaired) electrons. The molecule has 170 valence electrons. The minimum atomic E-state index is -0.161. The zero-order chi connectivity index (χ0) is 23.3. The van der Waals surface area contributed by atoms with Crippen molar-refractivity contribution in [2.75, 3.05) is 31.6 Å². The normalized spacial score (nSPS) is 13.9. The number of nitrogens with one attached hydrogen (secondary N) is 1. The number of amides is 1. The zero-order valence-corrected chi connectivity index (χ0v) is 19.0. The summed E-state index contributed by atoms with van der Waals surface area (Å²) in [4.78, 5) is 19.7. The van der Waals surface area contributed by atoms with Gasteiger partial charge in [0, 0.05) is 54.9 Å². The number of nitrogens with zero attached hydrogens (tertiary/aromatic N) is 4. The lowest BCUT2D eigenvalue weighted by Gasteiger charge is -2.26. The molecule has 5 rings (SSSR count). The molecule has 3 heterocycles. The van der Waals surface area contributed by atoms with Gasteiger partial charge in [-0.05, 0) is 42.3 Å². The molecule has 7 nitrogen and oxygen atoms in total. The van der Waals surface area contributed by atoms with Gasteiger partial charge in [-0.25, -0.2) is 9.50 Å². The van der Waals surface area contributed by atoms with Gasteiger partial charge < -0.3 is 10.1 Å². The Morgan fingerprint density at radius 3 is 2.88 bits per heavy atom. The number of benzene rings is 2. The summed E-state index contributed by atoms with van der Waals surface area (Å²) in [7, 11) is 0. The molecule has 0 aliphatic carbocycles. The molecule has 0 atom stereocenters. The van der Waals surface area contributed by atoms with Crippen molar-refractivity contribution >= 4 is 17.2 Å². The predicted molar refractivity (Wildman–Crippen MR) is 131 cm³/mol. The summed E-state index contributed by atoms with van der Waals surface area (Å²) >= 11 is 0. The number of rotatable bonds is 4. The summed E-state index contributed by atoms with van der Waals surface area (Å²) in [5.41, 5.74) is 5.84. The summed E-state index contributed by atoms with van der Waals surface area (Å²) in [6.07, 6.45) is 5.26. The van der Waals surface area contributed by atoms with Crippen LogP contribution in [0.25, 0.3) is 5.65 Å². The highest BCUT2D eigenvalue weighted by Gasteiger charge is 2.12. The molecule has 1 fully saturated rings. The van der Waals surface area contributed by atoms with Crippen molar-refractivity contribution in [1.29, 1.82) is 0 Å². The number of aromatic nitrogens is 3. The number of hydrogen-bond donors (Lipinski definition) is 1. The Balaban J connectivity index is 1.30. The number of anilines is 1. The topological polar surface area (TPSA) is 71.8 Å². The summed E-state index contributed by atoms with van der Waals surface area (Å²) < 4.78 is 7.11. The highest BCUT2D eigenvalue weighted by Crippen LogP contribution is 2.16. The van der Waals surface area contributed by atoms with Gasteiger partial charge in [0.15, 0.2) is 5.65 Å². The molecule has 1 amide bonds. The van der Waals surface area contributed by atoms with Crippen LogP contribution in [0, 0.1) is 18.8 Å². The van der Waals surface area contributed by atoms with E-state index in [0.717, 1.165) is 66.4 Å². The highest BCUT2D eigenvalue weighted by atomic mass is 16.5. The van der Waals surface area contributed by atoms with Crippen LogP contribution >= 0.6 is 0 Å². The van der Waals surface area contributed by atoms with Gasteiger partial charge in [0.1, 0.15) is 0 Å². The second-order valence-electron chi connectivity index (χ2n) is 8.30. The third-order valence-corrected chi connectivity index (χ3v) is 5.78. The van der Waals surface area contributed by atoms with E-state index in [2.05, 4.69) is 38.2 Å². The van der Waals surface area contributed by atoms with Crippen molar-refractivity contribution in [3.8, 4) is 11.8 Å². The number of carbonyl (C=O) groups is 1. The second-order valence-corrected chi connectivity index (χ2v) is 8.30. The monoisotopic (exact) mass is 451 g/mol. The molecule has 1 aliphatic rings. The van der Waals surface area contributed by atoms with Crippen LogP contribution in [-0.4, -0.2) is 51.7 Å². The minimum absolute atomic E-state index is 0.161. The second kappa shape index (κ2) is 9.87. The van der Waals surface area contributed by atoms with E-state index in [1.165, 1.54) is 0 Å². The Labute approximate surface area is 198 Å². The Hall–Kier alpha value is -3.99. The molecule has 4 aromatic rings. The van der Waals surface area contributed by atoms with Crippen LogP contribution in [0.4, 0.5) is 5.69 Å². The van der Waals surface area contributed by atoms with Crippen LogP contribution in [0.5, 0.6) is 0 Å². The number of aryl methyl sites for hydroxylation is 1. The molecule has 34 heavy (non-hydrogen) atoms. The molecule has 1 N–H and O–H groups in total. The van der Waals surface area contributed by atoms with E-state index < -0.39 is 0 Å². The zero-order valence-electron chi connectivity index (χ0n) is 19.0. The van der Waals surface area contributed by atoms with Crippen molar-refractivity contribution in [2.45, 2.75) is 13.5 Å². The number of fused-ring (bicyclic) bond motifs is 1. The van der Waals surface area contributed by atoms with Crippen LogP contribution in [0.2, 0.25) is 0 Å². The molecular weight excluding hydrogens is 426 g/mol. The first-order chi connectivity index (χ1) is 16.6. The van der Waals surface area contributed by atoms with Gasteiger partial charge in [-0.1, -0.05) is 30.0 Å². The number of carbonyl (C=O) groups excluding carboxylic acids is 1. The Morgan fingerprint density at radius 2 is 2.00 bits per heavy atom. The van der Waals surface area contributed by atoms with E-state index in [1.54, 1.807) is 16.9 Å². The van der Waals surface area contributed by atoms with Crippen molar-refractivity contribution in [3.05, 3.63) is 94.9 Å². The largest absolute Gasteiger partial charge is 0.379 e. The maximum absolute atomic E-state index is 13.0. The smallest absolute Gasteiger partial charge is 0.255 e. The highest BCUT2D eigenvalue weighted by molar-refractivity contribution is 6.04. The van der Waals surface area contributed by atoms with Gasteiger partial charge in [-0.3, -0.25) is 9.69 Å². The van der Waals surface area contributed by atoms with Gasteiger partial charge >= 0.3 is 0 Å².